The maximum absolute atomic E-state index is 5.54. The van der Waals surface area contributed by atoms with E-state index in [9.17, 15) is 0 Å². The average Bonchev–Trinajstić information content (AvgIpc) is 3.29. The zero-order valence-electron chi connectivity index (χ0n) is 16.9. The first-order valence-electron chi connectivity index (χ1n) is 9.94. The van der Waals surface area contributed by atoms with E-state index in [0.29, 0.717) is 11.7 Å². The van der Waals surface area contributed by atoms with Crippen molar-refractivity contribution in [3.05, 3.63) is 54.2 Å². The third-order valence-electron chi connectivity index (χ3n) is 5.48. The quantitative estimate of drug-likeness (QED) is 0.606. The van der Waals surface area contributed by atoms with E-state index in [-0.39, 0.29) is 0 Å². The van der Waals surface area contributed by atoms with E-state index in [4.69, 9.17) is 14.0 Å². The molecule has 0 radical (unpaired) electrons. The molecular formula is C22H26N4O3. The van der Waals surface area contributed by atoms with E-state index in [0.717, 1.165) is 61.8 Å². The van der Waals surface area contributed by atoms with Crippen molar-refractivity contribution in [3.63, 3.8) is 0 Å². The lowest BCUT2D eigenvalue weighted by Gasteiger charge is -2.30. The van der Waals surface area contributed by atoms with Gasteiger partial charge in [-0.25, -0.2) is 0 Å². The Bertz CT molecular complexity index is 921. The number of benzene rings is 1. The van der Waals surface area contributed by atoms with Gasteiger partial charge in [0.05, 0.1) is 14.2 Å². The lowest BCUT2D eigenvalue weighted by Crippen LogP contribution is -2.34. The van der Waals surface area contributed by atoms with Crippen LogP contribution in [-0.2, 0) is 6.42 Å². The smallest absolute Gasteiger partial charge is 0.230 e. The number of hydrogen-bond donors (Lipinski definition) is 0. The zero-order chi connectivity index (χ0) is 20.1. The molecule has 1 aliphatic rings. The number of piperidine rings is 1. The number of methoxy groups -OCH3 is 2. The molecule has 0 amide bonds. The fraction of sp³-hybridized carbons (Fsp3) is 0.409. The second-order valence-corrected chi connectivity index (χ2v) is 7.25. The molecule has 0 spiro atoms. The molecule has 0 aliphatic carbocycles. The van der Waals surface area contributed by atoms with Crippen LogP contribution < -0.4 is 9.47 Å². The highest BCUT2D eigenvalue weighted by Gasteiger charge is 2.25. The van der Waals surface area contributed by atoms with E-state index in [1.165, 1.54) is 5.56 Å². The summed E-state index contributed by atoms with van der Waals surface area (Å²) in [6, 6.07) is 9.92. The van der Waals surface area contributed by atoms with Gasteiger partial charge in [0.25, 0.3) is 0 Å². The third-order valence-corrected chi connectivity index (χ3v) is 5.48. The van der Waals surface area contributed by atoms with E-state index in [1.807, 2.05) is 18.2 Å². The van der Waals surface area contributed by atoms with E-state index < -0.39 is 0 Å². The highest BCUT2D eigenvalue weighted by molar-refractivity contribution is 5.52. The van der Waals surface area contributed by atoms with Gasteiger partial charge in [0.15, 0.2) is 11.5 Å². The fourth-order valence-electron chi connectivity index (χ4n) is 3.75. The molecule has 1 aromatic carbocycles. The molecule has 3 heterocycles. The number of ether oxygens (including phenoxy) is 2. The van der Waals surface area contributed by atoms with Gasteiger partial charge in [-0.05, 0) is 62.2 Å². The van der Waals surface area contributed by atoms with Crippen LogP contribution in [0.5, 0.6) is 11.5 Å². The molecule has 0 bridgehead atoms. The molecule has 29 heavy (non-hydrogen) atoms. The van der Waals surface area contributed by atoms with Gasteiger partial charge in [-0.1, -0.05) is 11.2 Å². The number of likely N-dealkylation sites (tertiary alicyclic amines) is 1. The van der Waals surface area contributed by atoms with Crippen LogP contribution in [0.3, 0.4) is 0 Å². The third kappa shape index (κ3) is 4.56. The monoisotopic (exact) mass is 394 g/mol. The summed E-state index contributed by atoms with van der Waals surface area (Å²) in [4.78, 5) is 11.1. The molecule has 0 saturated carbocycles. The zero-order valence-corrected chi connectivity index (χ0v) is 16.9. The topological polar surface area (TPSA) is 73.5 Å². The van der Waals surface area contributed by atoms with Crippen molar-refractivity contribution in [2.75, 3.05) is 33.9 Å². The lowest BCUT2D eigenvalue weighted by atomic mass is 9.96. The summed E-state index contributed by atoms with van der Waals surface area (Å²) in [5.41, 5.74) is 2.19. The first-order chi connectivity index (χ1) is 14.3. The molecule has 1 saturated heterocycles. The Labute approximate surface area is 170 Å². The van der Waals surface area contributed by atoms with E-state index >= 15 is 0 Å². The number of aromatic nitrogens is 3. The van der Waals surface area contributed by atoms with Gasteiger partial charge in [0, 0.05) is 30.4 Å². The summed E-state index contributed by atoms with van der Waals surface area (Å²) in [7, 11) is 3.33. The predicted octanol–water partition coefficient (Wildman–Crippen LogP) is 3.57. The summed E-state index contributed by atoms with van der Waals surface area (Å²) in [6.07, 6.45) is 6.52. The Morgan fingerprint density at radius 3 is 2.52 bits per heavy atom. The van der Waals surface area contributed by atoms with Crippen LogP contribution in [-0.4, -0.2) is 53.9 Å². The minimum absolute atomic E-state index is 0.329. The molecule has 1 fully saturated rings. The molecule has 2 aromatic heterocycles. The Morgan fingerprint density at radius 1 is 1.03 bits per heavy atom. The van der Waals surface area contributed by atoms with Gasteiger partial charge in [0.2, 0.25) is 11.7 Å². The fourth-order valence-corrected chi connectivity index (χ4v) is 3.75. The largest absolute Gasteiger partial charge is 0.493 e. The maximum atomic E-state index is 5.54. The van der Waals surface area contributed by atoms with Gasteiger partial charge >= 0.3 is 0 Å². The van der Waals surface area contributed by atoms with Crippen LogP contribution in [0, 0.1) is 0 Å². The standard InChI is InChI=1S/C22H26N4O3/c1-27-19-4-3-16(15-20(19)28-2)7-12-26-13-8-18(9-14-26)22-24-21(25-29-22)17-5-10-23-11-6-17/h3-6,10-11,15,18H,7-9,12-14H2,1-2H3. The highest BCUT2D eigenvalue weighted by atomic mass is 16.5. The minimum atomic E-state index is 0.329. The molecule has 3 aromatic rings. The van der Waals surface area contributed by atoms with E-state index in [2.05, 4.69) is 32.2 Å². The van der Waals surface area contributed by atoms with Crippen LogP contribution in [0.4, 0.5) is 0 Å². The van der Waals surface area contributed by atoms with Crippen molar-refractivity contribution in [3.8, 4) is 22.9 Å². The molecule has 7 nitrogen and oxygen atoms in total. The summed E-state index contributed by atoms with van der Waals surface area (Å²) in [5, 5.41) is 4.14. The Balaban J connectivity index is 1.29. The maximum Gasteiger partial charge on any atom is 0.230 e. The highest BCUT2D eigenvalue weighted by Crippen LogP contribution is 2.30. The van der Waals surface area contributed by atoms with Crippen LogP contribution >= 0.6 is 0 Å². The van der Waals surface area contributed by atoms with E-state index in [1.54, 1.807) is 26.6 Å². The molecule has 1 aliphatic heterocycles. The first kappa shape index (κ1) is 19.4. The van der Waals surface area contributed by atoms with Crippen molar-refractivity contribution in [2.45, 2.75) is 25.2 Å². The van der Waals surface area contributed by atoms with Crippen LogP contribution in [0.25, 0.3) is 11.4 Å². The normalized spacial score (nSPS) is 15.4. The van der Waals surface area contributed by atoms with Gasteiger partial charge in [-0.15, -0.1) is 0 Å². The van der Waals surface area contributed by atoms with Gasteiger partial charge in [0.1, 0.15) is 0 Å². The summed E-state index contributed by atoms with van der Waals surface area (Å²) < 4.78 is 16.3. The number of rotatable bonds is 7. The predicted molar refractivity (Wildman–Crippen MR) is 109 cm³/mol. The molecule has 4 rings (SSSR count). The molecule has 0 unspecified atom stereocenters. The van der Waals surface area contributed by atoms with Crippen LogP contribution in [0.15, 0.2) is 47.2 Å². The second-order valence-electron chi connectivity index (χ2n) is 7.25. The summed E-state index contributed by atoms with van der Waals surface area (Å²) in [6.45, 7) is 3.09. The summed E-state index contributed by atoms with van der Waals surface area (Å²) >= 11 is 0. The van der Waals surface area contributed by atoms with Crippen LogP contribution in [0.1, 0.15) is 30.2 Å². The van der Waals surface area contributed by atoms with Crippen molar-refractivity contribution in [1.29, 1.82) is 0 Å². The molecule has 0 atom stereocenters. The van der Waals surface area contributed by atoms with Crippen molar-refractivity contribution < 1.29 is 14.0 Å². The Morgan fingerprint density at radius 2 is 1.79 bits per heavy atom. The molecule has 152 valence electrons. The lowest BCUT2D eigenvalue weighted by molar-refractivity contribution is 0.196. The Hall–Kier alpha value is -2.93. The van der Waals surface area contributed by atoms with Gasteiger partial charge in [-0.3, -0.25) is 4.98 Å². The summed E-state index contributed by atoms with van der Waals surface area (Å²) in [5.74, 6) is 3.26. The second kappa shape index (κ2) is 9.05. The van der Waals surface area contributed by atoms with Crippen LogP contribution in [0.2, 0.25) is 0 Å². The Kier molecular flexibility index (Phi) is 6.05. The minimum Gasteiger partial charge on any atom is -0.493 e. The van der Waals surface area contributed by atoms with Gasteiger partial charge < -0.3 is 18.9 Å². The number of pyridine rings is 1. The number of hydrogen-bond acceptors (Lipinski definition) is 7. The molecule has 7 heteroatoms. The molecule has 0 N–H and O–H groups in total. The molecular weight excluding hydrogens is 368 g/mol. The van der Waals surface area contributed by atoms with Crippen molar-refractivity contribution >= 4 is 0 Å². The SMILES string of the molecule is COc1ccc(CCN2CCC(c3nc(-c4ccncc4)no3)CC2)cc1OC. The number of nitrogens with zero attached hydrogens (tertiary/aromatic N) is 4. The average molecular weight is 394 g/mol. The van der Waals surface area contributed by atoms with Crippen molar-refractivity contribution in [2.24, 2.45) is 0 Å². The van der Waals surface area contributed by atoms with Crippen molar-refractivity contribution in [1.82, 2.24) is 20.0 Å². The van der Waals surface area contributed by atoms with Gasteiger partial charge in [-0.2, -0.15) is 4.98 Å². The first-order valence-corrected chi connectivity index (χ1v) is 9.94.